The normalized spacial score (nSPS) is 19.1. The number of nitrogens with one attached hydrogen (secondary N) is 3. The van der Waals surface area contributed by atoms with E-state index in [9.17, 15) is 19.2 Å². The summed E-state index contributed by atoms with van der Waals surface area (Å²) in [7, 11) is 1.99. The van der Waals surface area contributed by atoms with E-state index in [1.54, 1.807) is 24.8 Å². The molecular formula is C32H44FN7O5. The Labute approximate surface area is 262 Å². The molecule has 1 aromatic heterocycles. The first-order valence-electron chi connectivity index (χ1n) is 16.1. The molecule has 0 spiro atoms. The maximum absolute atomic E-state index is 15.6. The number of aryl methyl sites for hydroxylation is 1. The lowest BCUT2D eigenvalue weighted by Gasteiger charge is -2.36. The third-order valence-electron chi connectivity index (χ3n) is 9.39. The zero-order valence-corrected chi connectivity index (χ0v) is 26.5. The Balaban J connectivity index is 1.33. The molecule has 1 saturated heterocycles. The van der Waals surface area contributed by atoms with Crippen LogP contribution in [0, 0.1) is 23.6 Å². The molecule has 13 heteroatoms. The largest absolute Gasteiger partial charge is 0.344 e. The number of hydrogen-bond acceptors (Lipinski definition) is 8. The highest BCUT2D eigenvalue weighted by molar-refractivity contribution is 6.01. The van der Waals surface area contributed by atoms with Gasteiger partial charge in [0.1, 0.15) is 23.6 Å². The summed E-state index contributed by atoms with van der Waals surface area (Å²) in [6.45, 7) is 7.89. The number of likely N-dealkylation sites (N-methyl/N-ethyl adjacent to an activating group) is 1. The van der Waals surface area contributed by atoms with E-state index in [0.29, 0.717) is 42.6 Å². The lowest BCUT2D eigenvalue weighted by Crippen LogP contribution is -2.55. The van der Waals surface area contributed by atoms with E-state index in [1.165, 1.54) is 12.1 Å². The molecule has 2 aliphatic carbocycles. The number of carbonyl (C=O) groups excluding carboxylic acids is 4. The lowest BCUT2D eigenvalue weighted by molar-refractivity contribution is -0.138. The van der Waals surface area contributed by atoms with Crippen molar-refractivity contribution in [3.63, 3.8) is 0 Å². The summed E-state index contributed by atoms with van der Waals surface area (Å²) in [4.78, 5) is 56.7. The summed E-state index contributed by atoms with van der Waals surface area (Å²) in [5.41, 5.74) is 0.925. The molecule has 0 bridgehead atoms. The summed E-state index contributed by atoms with van der Waals surface area (Å²) in [6.07, 6.45) is 4.59. The number of amides is 4. The van der Waals surface area contributed by atoms with Crippen molar-refractivity contribution in [1.29, 1.82) is 0 Å². The van der Waals surface area contributed by atoms with E-state index in [2.05, 4.69) is 31.2 Å². The van der Waals surface area contributed by atoms with Gasteiger partial charge in [0, 0.05) is 38.5 Å². The molecule has 4 amide bonds. The molecule has 2 aromatic rings. The molecule has 3 atom stereocenters. The van der Waals surface area contributed by atoms with Gasteiger partial charge in [-0.25, -0.2) is 9.02 Å². The summed E-state index contributed by atoms with van der Waals surface area (Å²) < 4.78 is 20.4. The Morgan fingerprint density at radius 2 is 1.64 bits per heavy atom. The predicted molar refractivity (Wildman–Crippen MR) is 164 cm³/mol. The van der Waals surface area contributed by atoms with Gasteiger partial charge in [-0.3, -0.25) is 19.2 Å². The maximum atomic E-state index is 15.6. The first-order valence-corrected chi connectivity index (χ1v) is 16.1. The highest BCUT2D eigenvalue weighted by Crippen LogP contribution is 2.51. The molecule has 45 heavy (non-hydrogen) atoms. The van der Waals surface area contributed by atoms with Gasteiger partial charge in [-0.15, -0.1) is 0 Å². The maximum Gasteiger partial charge on any atom is 0.276 e. The standard InChI is InChI=1S/C32H44FN7O5/c1-5-23-28(38-45-37-23)30(42)36-29(26(19-7-8-19)20-9-10-20)31(43)34-24-12-11-21(17-22(24)33)18(3)27(35-25(41)6-2)32(44)40-15-13-39(4)14-16-40/h11-12,17-20,26-27,29H,5-10,13-16H2,1-4H3,(H,34,43)(H,35,41)(H,36,42)/t18-,27+,29-/m0/s1. The van der Waals surface area contributed by atoms with E-state index in [0.717, 1.165) is 38.8 Å². The first kappa shape index (κ1) is 32.5. The summed E-state index contributed by atoms with van der Waals surface area (Å²) in [5.74, 6) is -2.15. The topological polar surface area (TPSA) is 150 Å². The van der Waals surface area contributed by atoms with E-state index >= 15 is 4.39 Å². The number of aromatic nitrogens is 2. The van der Waals surface area contributed by atoms with E-state index in [1.807, 2.05) is 14.0 Å². The zero-order chi connectivity index (χ0) is 32.2. The number of hydrogen-bond donors (Lipinski definition) is 3. The van der Waals surface area contributed by atoms with Crippen molar-refractivity contribution in [2.75, 3.05) is 38.5 Å². The van der Waals surface area contributed by atoms with Gasteiger partial charge < -0.3 is 25.8 Å². The van der Waals surface area contributed by atoms with Crippen LogP contribution < -0.4 is 16.0 Å². The molecule has 12 nitrogen and oxygen atoms in total. The van der Waals surface area contributed by atoms with Crippen molar-refractivity contribution in [3.05, 3.63) is 41.0 Å². The lowest BCUT2D eigenvalue weighted by atomic mass is 9.88. The minimum absolute atomic E-state index is 0.0302. The van der Waals surface area contributed by atoms with Crippen LogP contribution in [0.3, 0.4) is 0 Å². The second-order valence-corrected chi connectivity index (χ2v) is 12.7. The average Bonchev–Trinajstić information content (AvgIpc) is 3.99. The smallest absolute Gasteiger partial charge is 0.276 e. The number of rotatable bonds is 13. The molecule has 1 aliphatic heterocycles. The van der Waals surface area contributed by atoms with E-state index in [4.69, 9.17) is 4.63 Å². The molecule has 3 N–H and O–H groups in total. The van der Waals surface area contributed by atoms with Crippen molar-refractivity contribution >= 4 is 29.3 Å². The third kappa shape index (κ3) is 7.69. The molecule has 244 valence electrons. The van der Waals surface area contributed by atoms with Crippen LogP contribution in [0.4, 0.5) is 10.1 Å². The summed E-state index contributed by atoms with van der Waals surface area (Å²) >= 11 is 0. The zero-order valence-electron chi connectivity index (χ0n) is 26.5. The number of nitrogens with zero attached hydrogens (tertiary/aromatic N) is 4. The van der Waals surface area contributed by atoms with E-state index < -0.39 is 35.6 Å². The predicted octanol–water partition coefficient (Wildman–Crippen LogP) is 2.72. The number of piperazine rings is 1. The third-order valence-corrected chi connectivity index (χ3v) is 9.39. The second kappa shape index (κ2) is 14.1. The van der Waals surface area contributed by atoms with Crippen molar-refractivity contribution in [3.8, 4) is 0 Å². The van der Waals surface area contributed by atoms with Gasteiger partial charge in [0.15, 0.2) is 5.69 Å². The van der Waals surface area contributed by atoms with Crippen LogP contribution in [0.5, 0.6) is 0 Å². The van der Waals surface area contributed by atoms with Crippen LogP contribution >= 0.6 is 0 Å². The van der Waals surface area contributed by atoms with Crippen LogP contribution in [0.1, 0.15) is 80.5 Å². The van der Waals surface area contributed by atoms with Crippen LogP contribution in [0.25, 0.3) is 0 Å². The van der Waals surface area contributed by atoms with Gasteiger partial charge in [-0.2, -0.15) is 0 Å². The fraction of sp³-hybridized carbons (Fsp3) is 0.625. The molecule has 2 heterocycles. The highest BCUT2D eigenvalue weighted by Gasteiger charge is 2.48. The minimum atomic E-state index is -0.883. The Morgan fingerprint density at radius 3 is 2.22 bits per heavy atom. The molecule has 3 aliphatic rings. The van der Waals surface area contributed by atoms with Gasteiger partial charge in [0.2, 0.25) is 17.7 Å². The fourth-order valence-electron chi connectivity index (χ4n) is 6.27. The van der Waals surface area contributed by atoms with Crippen molar-refractivity contribution in [2.24, 2.45) is 17.8 Å². The second-order valence-electron chi connectivity index (χ2n) is 12.7. The van der Waals surface area contributed by atoms with Crippen LogP contribution in [-0.4, -0.2) is 89.1 Å². The molecule has 5 rings (SSSR count). The summed E-state index contributed by atoms with van der Waals surface area (Å²) in [6, 6.07) is 2.68. The van der Waals surface area contributed by atoms with Gasteiger partial charge in [-0.05, 0) is 79.8 Å². The molecular weight excluding hydrogens is 581 g/mol. The fourth-order valence-corrected chi connectivity index (χ4v) is 6.27. The van der Waals surface area contributed by atoms with Gasteiger partial charge in [0.25, 0.3) is 5.91 Å². The SMILES string of the molecule is CCC(=O)N[C@@H](C(=O)N1CCN(C)CC1)[C@@H](C)c1ccc(NC(=O)[C@@H](NC(=O)c2nonc2CC)C(C2CC2)C2CC2)c(F)c1. The number of anilines is 1. The van der Waals surface area contributed by atoms with Gasteiger partial charge in [-0.1, -0.05) is 32.0 Å². The van der Waals surface area contributed by atoms with Crippen molar-refractivity contribution < 1.29 is 28.2 Å². The Bertz CT molecular complexity index is 1390. The highest BCUT2D eigenvalue weighted by atomic mass is 19.1. The Hall–Kier alpha value is -3.87. The molecule has 0 unspecified atom stereocenters. The minimum Gasteiger partial charge on any atom is -0.344 e. The molecule has 3 fully saturated rings. The molecule has 2 saturated carbocycles. The van der Waals surface area contributed by atoms with Crippen molar-refractivity contribution in [1.82, 2.24) is 30.7 Å². The number of carbonyl (C=O) groups is 4. The monoisotopic (exact) mass is 625 g/mol. The van der Waals surface area contributed by atoms with Crippen molar-refractivity contribution in [2.45, 2.75) is 77.3 Å². The molecule has 0 radical (unpaired) electrons. The summed E-state index contributed by atoms with van der Waals surface area (Å²) in [5, 5.41) is 15.9. The number of halogens is 1. The average molecular weight is 626 g/mol. The van der Waals surface area contributed by atoms with Crippen LogP contribution in [0.15, 0.2) is 22.8 Å². The van der Waals surface area contributed by atoms with Gasteiger partial charge >= 0.3 is 0 Å². The van der Waals surface area contributed by atoms with Crippen LogP contribution in [0.2, 0.25) is 0 Å². The first-order chi connectivity index (χ1) is 21.6. The Kier molecular flexibility index (Phi) is 10.2. The molecule has 1 aromatic carbocycles. The Morgan fingerprint density at radius 1 is 0.978 bits per heavy atom. The van der Waals surface area contributed by atoms with Crippen LogP contribution in [-0.2, 0) is 20.8 Å². The number of benzene rings is 1. The van der Waals surface area contributed by atoms with E-state index in [-0.39, 0.29) is 35.5 Å². The van der Waals surface area contributed by atoms with Gasteiger partial charge in [0.05, 0.1) is 5.69 Å². The quantitative estimate of drug-likeness (QED) is 0.308.